The van der Waals surface area contributed by atoms with Crippen LogP contribution in [0.15, 0.2) is 54.9 Å². The molecule has 1 aliphatic carbocycles. The lowest BCUT2D eigenvalue weighted by Crippen LogP contribution is -2.14. The molecule has 4 rings (SSSR count). The van der Waals surface area contributed by atoms with Gasteiger partial charge in [-0.2, -0.15) is 0 Å². The van der Waals surface area contributed by atoms with E-state index < -0.39 is 0 Å². The summed E-state index contributed by atoms with van der Waals surface area (Å²) < 4.78 is 2.15. The minimum Gasteiger partial charge on any atom is -0.333 e. The van der Waals surface area contributed by atoms with Crippen molar-refractivity contribution in [2.75, 3.05) is 0 Å². The Labute approximate surface area is 137 Å². The molecule has 0 fully saturated rings. The molecule has 0 amide bonds. The summed E-state index contributed by atoms with van der Waals surface area (Å²) in [7, 11) is 2.09. The van der Waals surface area contributed by atoms with Crippen LogP contribution in [-0.4, -0.2) is 9.55 Å². The van der Waals surface area contributed by atoms with Crippen molar-refractivity contribution >= 4 is 0 Å². The van der Waals surface area contributed by atoms with Gasteiger partial charge in [0.15, 0.2) is 0 Å². The number of rotatable bonds is 1. The molecule has 0 radical (unpaired) electrons. The van der Waals surface area contributed by atoms with Crippen molar-refractivity contribution in [2.24, 2.45) is 13.0 Å². The van der Waals surface area contributed by atoms with E-state index in [0.717, 1.165) is 12.1 Å². The number of fused-ring (bicyclic) bond motifs is 5. The fraction of sp³-hybridized carbons (Fsp3) is 0.286. The average molecular weight is 302 g/mol. The number of hydrogen-bond donors (Lipinski definition) is 0. The van der Waals surface area contributed by atoms with Gasteiger partial charge in [0, 0.05) is 18.2 Å². The molecule has 0 saturated carbocycles. The fourth-order valence-electron chi connectivity index (χ4n) is 3.85. The number of imidazole rings is 1. The lowest BCUT2D eigenvalue weighted by molar-refractivity contribution is 0.496. The molecule has 3 aromatic rings. The predicted molar refractivity (Wildman–Crippen MR) is 95.4 cm³/mol. The maximum absolute atomic E-state index is 4.75. The summed E-state index contributed by atoms with van der Waals surface area (Å²) in [5.41, 5.74) is 7.80. The van der Waals surface area contributed by atoms with E-state index in [1.807, 2.05) is 6.33 Å². The van der Waals surface area contributed by atoms with E-state index in [-0.39, 0.29) is 0 Å². The zero-order valence-electron chi connectivity index (χ0n) is 14.0. The van der Waals surface area contributed by atoms with E-state index >= 15 is 0 Å². The number of aryl methyl sites for hydroxylation is 1. The first-order valence-electron chi connectivity index (χ1n) is 8.35. The van der Waals surface area contributed by atoms with Crippen molar-refractivity contribution in [2.45, 2.75) is 26.2 Å². The summed E-state index contributed by atoms with van der Waals surface area (Å²) in [6.45, 7) is 4.65. The SMILES string of the molecule is CC(C)C1Cc2ccccc2-c2c(ncn2C)-c2ccccc21. The lowest BCUT2D eigenvalue weighted by atomic mass is 9.77. The Morgan fingerprint density at radius 2 is 1.70 bits per heavy atom. The van der Waals surface area contributed by atoms with E-state index in [9.17, 15) is 0 Å². The smallest absolute Gasteiger partial charge is 0.0966 e. The van der Waals surface area contributed by atoms with Crippen LogP contribution in [0.5, 0.6) is 0 Å². The van der Waals surface area contributed by atoms with Crippen LogP contribution in [0.3, 0.4) is 0 Å². The van der Waals surface area contributed by atoms with Crippen molar-refractivity contribution in [1.82, 2.24) is 9.55 Å². The minimum atomic E-state index is 0.516. The molecule has 23 heavy (non-hydrogen) atoms. The highest BCUT2D eigenvalue weighted by molar-refractivity contribution is 5.83. The highest BCUT2D eigenvalue weighted by Crippen LogP contribution is 2.43. The fourth-order valence-corrected chi connectivity index (χ4v) is 3.85. The van der Waals surface area contributed by atoms with Crippen molar-refractivity contribution in [3.05, 3.63) is 66.0 Å². The van der Waals surface area contributed by atoms with E-state index in [1.54, 1.807) is 0 Å². The Morgan fingerprint density at radius 3 is 2.48 bits per heavy atom. The molecule has 0 spiro atoms. The van der Waals surface area contributed by atoms with Gasteiger partial charge in [-0.25, -0.2) is 4.98 Å². The van der Waals surface area contributed by atoms with Crippen LogP contribution in [0.4, 0.5) is 0 Å². The van der Waals surface area contributed by atoms with Gasteiger partial charge in [0.2, 0.25) is 0 Å². The number of benzene rings is 2. The summed E-state index contributed by atoms with van der Waals surface area (Å²) >= 11 is 0. The predicted octanol–water partition coefficient (Wildman–Crippen LogP) is 5.05. The molecule has 1 aromatic heterocycles. The largest absolute Gasteiger partial charge is 0.333 e. The van der Waals surface area contributed by atoms with Gasteiger partial charge < -0.3 is 4.57 Å². The second-order valence-corrected chi connectivity index (χ2v) is 6.85. The first-order chi connectivity index (χ1) is 11.2. The summed E-state index contributed by atoms with van der Waals surface area (Å²) in [6, 6.07) is 17.6. The van der Waals surface area contributed by atoms with E-state index in [2.05, 4.69) is 74.0 Å². The molecule has 0 bridgehead atoms. The van der Waals surface area contributed by atoms with Gasteiger partial charge in [0.05, 0.1) is 17.7 Å². The number of hydrogen-bond acceptors (Lipinski definition) is 1. The first kappa shape index (κ1) is 14.3. The molecular formula is C21H22N2. The Morgan fingerprint density at radius 1 is 1.00 bits per heavy atom. The van der Waals surface area contributed by atoms with Gasteiger partial charge in [-0.05, 0) is 29.4 Å². The molecule has 0 saturated heterocycles. The Kier molecular flexibility index (Phi) is 3.33. The highest BCUT2D eigenvalue weighted by atomic mass is 15.0. The molecule has 116 valence electrons. The third-order valence-electron chi connectivity index (χ3n) is 5.07. The highest BCUT2D eigenvalue weighted by Gasteiger charge is 2.27. The Bertz CT molecular complexity index is 858. The van der Waals surface area contributed by atoms with Crippen LogP contribution in [0, 0.1) is 5.92 Å². The first-order valence-corrected chi connectivity index (χ1v) is 8.35. The van der Waals surface area contributed by atoms with Crippen LogP contribution < -0.4 is 0 Å². The molecule has 1 unspecified atom stereocenters. The van der Waals surface area contributed by atoms with Gasteiger partial charge in [-0.1, -0.05) is 62.4 Å². The summed E-state index contributed by atoms with van der Waals surface area (Å²) in [6.07, 6.45) is 3.02. The third-order valence-corrected chi connectivity index (χ3v) is 5.07. The van der Waals surface area contributed by atoms with Gasteiger partial charge >= 0.3 is 0 Å². The van der Waals surface area contributed by atoms with Crippen molar-refractivity contribution in [3.8, 4) is 22.5 Å². The monoisotopic (exact) mass is 302 g/mol. The minimum absolute atomic E-state index is 0.516. The lowest BCUT2D eigenvalue weighted by Gasteiger charge is -2.27. The molecule has 0 aliphatic heterocycles. The summed E-state index contributed by atoms with van der Waals surface area (Å²) in [5, 5.41) is 0. The molecule has 2 nitrogen and oxygen atoms in total. The quantitative estimate of drug-likeness (QED) is 0.615. The van der Waals surface area contributed by atoms with E-state index in [4.69, 9.17) is 4.98 Å². The molecule has 1 heterocycles. The summed E-state index contributed by atoms with van der Waals surface area (Å²) in [5.74, 6) is 1.11. The van der Waals surface area contributed by atoms with Crippen molar-refractivity contribution < 1.29 is 0 Å². The average Bonchev–Trinajstić information content (AvgIpc) is 2.92. The number of nitrogens with zero attached hydrogens (tertiary/aromatic N) is 2. The summed E-state index contributed by atoms with van der Waals surface area (Å²) in [4.78, 5) is 4.75. The zero-order valence-corrected chi connectivity index (χ0v) is 14.0. The second-order valence-electron chi connectivity index (χ2n) is 6.85. The maximum atomic E-state index is 4.75. The van der Waals surface area contributed by atoms with Gasteiger partial charge in [0.25, 0.3) is 0 Å². The van der Waals surface area contributed by atoms with Crippen molar-refractivity contribution in [1.29, 1.82) is 0 Å². The van der Waals surface area contributed by atoms with Gasteiger partial charge in [-0.15, -0.1) is 0 Å². The van der Waals surface area contributed by atoms with E-state index in [0.29, 0.717) is 11.8 Å². The molecule has 2 heteroatoms. The van der Waals surface area contributed by atoms with Crippen LogP contribution in [0.2, 0.25) is 0 Å². The molecule has 2 aromatic carbocycles. The van der Waals surface area contributed by atoms with Crippen LogP contribution in [-0.2, 0) is 13.5 Å². The molecule has 1 aliphatic rings. The Balaban J connectivity index is 2.08. The Hall–Kier alpha value is -2.35. The topological polar surface area (TPSA) is 17.8 Å². The van der Waals surface area contributed by atoms with Crippen LogP contribution in [0.1, 0.15) is 30.9 Å². The molecule has 1 atom stereocenters. The van der Waals surface area contributed by atoms with Gasteiger partial charge in [-0.3, -0.25) is 0 Å². The number of aromatic nitrogens is 2. The second kappa shape index (κ2) is 5.38. The van der Waals surface area contributed by atoms with Crippen LogP contribution >= 0.6 is 0 Å². The van der Waals surface area contributed by atoms with E-state index in [1.165, 1.54) is 27.9 Å². The maximum Gasteiger partial charge on any atom is 0.0966 e. The van der Waals surface area contributed by atoms with Crippen molar-refractivity contribution in [3.63, 3.8) is 0 Å². The molecule has 0 N–H and O–H groups in total. The standard InChI is InChI=1S/C21H22N2/c1-14(2)19-12-15-8-4-5-9-16(15)21-20(22-13-23(21)3)18-11-7-6-10-17(18)19/h4-11,13-14,19H,12H2,1-3H3. The van der Waals surface area contributed by atoms with Crippen LogP contribution in [0.25, 0.3) is 22.5 Å². The molecular weight excluding hydrogens is 280 g/mol. The van der Waals surface area contributed by atoms with Gasteiger partial charge in [0.1, 0.15) is 0 Å². The zero-order chi connectivity index (χ0) is 16.0. The normalized spacial score (nSPS) is 16.3. The third kappa shape index (κ3) is 2.21.